The number of hydrogen-bond donors (Lipinski definition) is 0. The summed E-state index contributed by atoms with van der Waals surface area (Å²) in [6.07, 6.45) is 3.31. The Morgan fingerprint density at radius 1 is 1.12 bits per heavy atom. The van der Waals surface area contributed by atoms with E-state index in [1.54, 1.807) is 41.2 Å². The van der Waals surface area contributed by atoms with Gasteiger partial charge in [-0.25, -0.2) is 4.68 Å². The van der Waals surface area contributed by atoms with E-state index in [-0.39, 0.29) is 23.0 Å². The summed E-state index contributed by atoms with van der Waals surface area (Å²) in [5, 5.41) is 16.7. The minimum Gasteiger partial charge on any atom is -0.490 e. The topological polar surface area (TPSA) is 96.5 Å². The van der Waals surface area contributed by atoms with E-state index in [2.05, 4.69) is 5.10 Å². The van der Waals surface area contributed by atoms with Crippen molar-refractivity contribution in [1.82, 2.24) is 9.78 Å². The van der Waals surface area contributed by atoms with Gasteiger partial charge in [0, 0.05) is 28.4 Å². The normalized spacial score (nSPS) is 13.6. The quantitative estimate of drug-likeness (QED) is 0.209. The van der Waals surface area contributed by atoms with E-state index in [0.29, 0.717) is 33.2 Å². The number of Topliss-reactive ketones (excluding diaryl/α,β-unsaturated/α-hetero) is 1. The number of nitro benzene ring substituents is 1. The number of ether oxygens (including phenoxy) is 2. The fourth-order valence-electron chi connectivity index (χ4n) is 3.71. The van der Waals surface area contributed by atoms with Gasteiger partial charge in [0.15, 0.2) is 11.5 Å². The number of para-hydroxylation sites is 1. The number of ketones is 1. The summed E-state index contributed by atoms with van der Waals surface area (Å²) >= 11 is 6.03. The highest BCUT2D eigenvalue weighted by Gasteiger charge is 2.28. The van der Waals surface area contributed by atoms with Crippen LogP contribution in [0.4, 0.5) is 5.69 Å². The van der Waals surface area contributed by atoms with Crippen LogP contribution in [0.5, 0.6) is 11.5 Å². The molecule has 168 valence electrons. The molecule has 0 N–H and O–H groups in total. The number of nitrogens with zero attached hydrogens (tertiary/aromatic N) is 3. The van der Waals surface area contributed by atoms with E-state index >= 15 is 0 Å². The maximum Gasteiger partial charge on any atom is 0.311 e. The SMILES string of the molecule is COc1ccc(-c2nn(-c3ccccc3)cc2/C=C2\Oc3ccc(Cl)cc3C2=O)cc1[N+](=O)[O-]. The summed E-state index contributed by atoms with van der Waals surface area (Å²) in [6, 6.07) is 18.8. The Hall–Kier alpha value is -4.43. The molecule has 1 aliphatic heterocycles. The first kappa shape index (κ1) is 21.4. The number of halogens is 1. The molecule has 3 aromatic carbocycles. The zero-order valence-corrected chi connectivity index (χ0v) is 18.5. The Balaban J connectivity index is 1.65. The van der Waals surface area contributed by atoms with Crippen molar-refractivity contribution in [2.75, 3.05) is 7.11 Å². The molecule has 4 aromatic rings. The van der Waals surface area contributed by atoms with Crippen molar-refractivity contribution in [3.63, 3.8) is 0 Å². The van der Waals surface area contributed by atoms with E-state index in [4.69, 9.17) is 21.1 Å². The molecule has 0 unspecified atom stereocenters. The molecule has 0 saturated heterocycles. The minimum absolute atomic E-state index is 0.106. The summed E-state index contributed by atoms with van der Waals surface area (Å²) in [5.74, 6) is 0.348. The number of methoxy groups -OCH3 is 1. The predicted molar refractivity (Wildman–Crippen MR) is 127 cm³/mol. The molecule has 0 aliphatic carbocycles. The summed E-state index contributed by atoms with van der Waals surface area (Å²) in [4.78, 5) is 24.0. The third kappa shape index (κ3) is 3.80. The second-order valence-electron chi connectivity index (χ2n) is 7.44. The zero-order chi connectivity index (χ0) is 23.8. The number of carbonyl (C=O) groups is 1. The van der Waals surface area contributed by atoms with Gasteiger partial charge < -0.3 is 9.47 Å². The molecule has 5 rings (SSSR count). The Kier molecular flexibility index (Phi) is 5.35. The van der Waals surface area contributed by atoms with E-state index in [1.807, 2.05) is 30.3 Å². The van der Waals surface area contributed by atoms with E-state index in [1.165, 1.54) is 19.2 Å². The molecular formula is C25H16ClN3O5. The maximum atomic E-state index is 12.9. The van der Waals surface area contributed by atoms with Gasteiger partial charge in [-0.3, -0.25) is 14.9 Å². The van der Waals surface area contributed by atoms with Crippen LogP contribution in [-0.2, 0) is 0 Å². The predicted octanol–water partition coefficient (Wildman–Crippen LogP) is 5.73. The number of rotatable bonds is 5. The van der Waals surface area contributed by atoms with Crippen molar-refractivity contribution >= 4 is 29.1 Å². The van der Waals surface area contributed by atoms with Crippen LogP contribution in [-0.4, -0.2) is 27.6 Å². The second-order valence-corrected chi connectivity index (χ2v) is 7.87. The van der Waals surface area contributed by atoms with Gasteiger partial charge >= 0.3 is 5.69 Å². The lowest BCUT2D eigenvalue weighted by atomic mass is 10.0. The first-order valence-corrected chi connectivity index (χ1v) is 10.5. The average Bonchev–Trinajstić information content (AvgIpc) is 3.40. The molecule has 0 radical (unpaired) electrons. The van der Waals surface area contributed by atoms with Crippen molar-refractivity contribution in [2.24, 2.45) is 0 Å². The Bertz CT molecular complexity index is 1480. The van der Waals surface area contributed by atoms with Crippen LogP contribution in [0, 0.1) is 10.1 Å². The molecule has 0 bridgehead atoms. The van der Waals surface area contributed by atoms with E-state index < -0.39 is 4.92 Å². The lowest BCUT2D eigenvalue weighted by Gasteiger charge is -2.05. The summed E-state index contributed by atoms with van der Waals surface area (Å²) in [6.45, 7) is 0. The number of hydrogen-bond acceptors (Lipinski definition) is 6. The number of aromatic nitrogens is 2. The average molecular weight is 474 g/mol. The van der Waals surface area contributed by atoms with Gasteiger partial charge in [-0.05, 0) is 48.5 Å². The highest BCUT2D eigenvalue weighted by Crippen LogP contribution is 2.37. The van der Waals surface area contributed by atoms with Crippen molar-refractivity contribution in [3.8, 4) is 28.4 Å². The van der Waals surface area contributed by atoms with Gasteiger partial charge in [0.1, 0.15) is 11.4 Å². The fourth-order valence-corrected chi connectivity index (χ4v) is 3.88. The first-order valence-electron chi connectivity index (χ1n) is 10.2. The molecule has 1 aromatic heterocycles. The fraction of sp³-hybridized carbons (Fsp3) is 0.0400. The highest BCUT2D eigenvalue weighted by molar-refractivity contribution is 6.31. The molecule has 9 heteroatoms. The largest absolute Gasteiger partial charge is 0.490 e. The molecule has 0 fully saturated rings. The van der Waals surface area contributed by atoms with E-state index in [9.17, 15) is 14.9 Å². The third-order valence-corrected chi connectivity index (χ3v) is 5.56. The van der Waals surface area contributed by atoms with Gasteiger partial charge in [0.25, 0.3) is 0 Å². The molecule has 2 heterocycles. The van der Waals surface area contributed by atoms with E-state index in [0.717, 1.165) is 5.69 Å². The Morgan fingerprint density at radius 3 is 2.65 bits per heavy atom. The van der Waals surface area contributed by atoms with Crippen molar-refractivity contribution in [3.05, 3.63) is 105 Å². The number of fused-ring (bicyclic) bond motifs is 1. The monoisotopic (exact) mass is 473 g/mol. The lowest BCUT2D eigenvalue weighted by Crippen LogP contribution is -1.98. The van der Waals surface area contributed by atoms with Crippen LogP contribution < -0.4 is 9.47 Å². The summed E-state index contributed by atoms with van der Waals surface area (Å²) < 4.78 is 12.5. The van der Waals surface area contributed by atoms with Crippen LogP contribution in [0.2, 0.25) is 5.02 Å². The molecular weight excluding hydrogens is 458 g/mol. The second kappa shape index (κ2) is 8.49. The number of benzene rings is 3. The van der Waals surface area contributed by atoms with Gasteiger partial charge in [0.05, 0.1) is 23.3 Å². The Labute approximate surface area is 198 Å². The van der Waals surface area contributed by atoms with Crippen molar-refractivity contribution in [1.29, 1.82) is 0 Å². The maximum absolute atomic E-state index is 12.9. The number of carbonyl (C=O) groups excluding carboxylic acids is 1. The smallest absolute Gasteiger partial charge is 0.311 e. The molecule has 0 amide bonds. The molecule has 0 atom stereocenters. The van der Waals surface area contributed by atoms with Gasteiger partial charge in [0.2, 0.25) is 5.78 Å². The van der Waals surface area contributed by atoms with Crippen LogP contribution >= 0.6 is 11.6 Å². The molecule has 0 saturated carbocycles. The molecule has 8 nitrogen and oxygen atoms in total. The third-order valence-electron chi connectivity index (χ3n) is 5.33. The summed E-state index contributed by atoms with van der Waals surface area (Å²) in [7, 11) is 1.37. The van der Waals surface area contributed by atoms with Crippen LogP contribution in [0.1, 0.15) is 15.9 Å². The minimum atomic E-state index is -0.515. The Morgan fingerprint density at radius 2 is 1.91 bits per heavy atom. The van der Waals surface area contributed by atoms with Crippen LogP contribution in [0.15, 0.2) is 78.7 Å². The standard InChI is InChI=1S/C25H16ClN3O5/c1-33-22-9-7-15(11-20(22)29(31)32)24-16(14-28(27-24)18-5-3-2-4-6-18)12-23-25(30)19-13-17(26)8-10-21(19)34-23/h2-14H,1H3/b23-12-. The van der Waals surface area contributed by atoms with Gasteiger partial charge in [-0.15, -0.1) is 0 Å². The molecule has 34 heavy (non-hydrogen) atoms. The van der Waals surface area contributed by atoms with Gasteiger partial charge in [-0.1, -0.05) is 29.8 Å². The first-order chi connectivity index (χ1) is 16.4. The highest BCUT2D eigenvalue weighted by atomic mass is 35.5. The van der Waals surface area contributed by atoms with Crippen LogP contribution in [0.25, 0.3) is 23.0 Å². The molecule has 1 aliphatic rings. The lowest BCUT2D eigenvalue weighted by molar-refractivity contribution is -0.385. The number of allylic oxidation sites excluding steroid dienone is 1. The van der Waals surface area contributed by atoms with Crippen LogP contribution in [0.3, 0.4) is 0 Å². The molecule has 0 spiro atoms. The summed E-state index contributed by atoms with van der Waals surface area (Å²) in [5.41, 5.74) is 2.43. The van der Waals surface area contributed by atoms with Crippen molar-refractivity contribution in [2.45, 2.75) is 0 Å². The zero-order valence-electron chi connectivity index (χ0n) is 17.8. The van der Waals surface area contributed by atoms with Gasteiger partial charge in [-0.2, -0.15) is 5.10 Å². The van der Waals surface area contributed by atoms with Crippen molar-refractivity contribution < 1.29 is 19.2 Å². The number of nitro groups is 1.